The third-order valence-corrected chi connectivity index (χ3v) is 3.22. The van der Waals surface area contributed by atoms with Crippen LogP contribution in [-0.2, 0) is 6.54 Å². The summed E-state index contributed by atoms with van der Waals surface area (Å²) in [5.74, 6) is 0.909. The van der Waals surface area contributed by atoms with Gasteiger partial charge in [0.15, 0.2) is 0 Å². The number of halogens is 1. The number of alkyl halides is 1. The van der Waals surface area contributed by atoms with Gasteiger partial charge in [0.1, 0.15) is 12.4 Å². The van der Waals surface area contributed by atoms with E-state index in [1.807, 2.05) is 25.3 Å². The molecule has 1 aromatic heterocycles. The van der Waals surface area contributed by atoms with Crippen LogP contribution in [0.3, 0.4) is 0 Å². The van der Waals surface area contributed by atoms with E-state index in [2.05, 4.69) is 46.2 Å². The van der Waals surface area contributed by atoms with Gasteiger partial charge in [0.25, 0.3) is 0 Å². The number of hydrogen-bond acceptors (Lipinski definition) is 3. The molecular weight excluding hydrogens is 306 g/mol. The van der Waals surface area contributed by atoms with E-state index in [-0.39, 0.29) is 4.83 Å². The van der Waals surface area contributed by atoms with Crippen molar-refractivity contribution in [3.8, 4) is 5.75 Å². The maximum absolute atomic E-state index is 5.74. The van der Waals surface area contributed by atoms with Gasteiger partial charge in [0.05, 0.1) is 17.1 Å². The summed E-state index contributed by atoms with van der Waals surface area (Å²) in [5, 5.41) is 8.14. The van der Waals surface area contributed by atoms with Gasteiger partial charge in [-0.05, 0) is 44.0 Å². The lowest BCUT2D eigenvalue weighted by molar-refractivity contribution is 0.289. The summed E-state index contributed by atoms with van der Waals surface area (Å²) >= 11 is 3.47. The highest BCUT2D eigenvalue weighted by molar-refractivity contribution is 9.09. The third kappa shape index (κ3) is 4.06. The first-order valence-electron chi connectivity index (χ1n) is 6.30. The molecule has 1 heterocycles. The Kier molecular flexibility index (Phi) is 4.58. The van der Waals surface area contributed by atoms with Gasteiger partial charge < -0.3 is 4.74 Å². The van der Waals surface area contributed by atoms with Crippen molar-refractivity contribution >= 4 is 15.9 Å². The highest BCUT2D eigenvalue weighted by Crippen LogP contribution is 2.18. The summed E-state index contributed by atoms with van der Waals surface area (Å²) in [6, 6.07) is 6.22. The number of benzene rings is 1. The second-order valence-corrected chi connectivity index (χ2v) is 6.07. The lowest BCUT2D eigenvalue weighted by Crippen LogP contribution is -2.08. The minimum atomic E-state index is 0.224. The zero-order valence-electron chi connectivity index (χ0n) is 11.4. The molecule has 2 rings (SSSR count). The number of ether oxygens (including phenoxy) is 1. The Morgan fingerprint density at radius 2 is 1.95 bits per heavy atom. The SMILES string of the molecule is Cc1cc(C)cc(OCCn2cc(C(C)Br)nn2)c1. The van der Waals surface area contributed by atoms with Gasteiger partial charge in [-0.25, -0.2) is 4.68 Å². The summed E-state index contributed by atoms with van der Waals surface area (Å²) in [6.07, 6.45) is 1.93. The molecule has 0 saturated heterocycles. The van der Waals surface area contributed by atoms with Gasteiger partial charge >= 0.3 is 0 Å². The van der Waals surface area contributed by atoms with Crippen LogP contribution in [0.5, 0.6) is 5.75 Å². The van der Waals surface area contributed by atoms with Crippen molar-refractivity contribution in [3.63, 3.8) is 0 Å². The summed E-state index contributed by atoms with van der Waals surface area (Å²) in [5.41, 5.74) is 3.36. The van der Waals surface area contributed by atoms with Crippen molar-refractivity contribution in [1.82, 2.24) is 15.0 Å². The van der Waals surface area contributed by atoms with Gasteiger partial charge in [0.2, 0.25) is 0 Å². The first-order valence-corrected chi connectivity index (χ1v) is 7.21. The molecule has 1 unspecified atom stereocenters. The van der Waals surface area contributed by atoms with Gasteiger partial charge in [-0.15, -0.1) is 5.10 Å². The summed E-state index contributed by atoms with van der Waals surface area (Å²) in [4.78, 5) is 0.224. The van der Waals surface area contributed by atoms with Crippen molar-refractivity contribution < 1.29 is 4.74 Å². The van der Waals surface area contributed by atoms with Crippen LogP contribution in [0.4, 0.5) is 0 Å². The average Bonchev–Trinajstić information content (AvgIpc) is 2.76. The lowest BCUT2D eigenvalue weighted by Gasteiger charge is -2.08. The van der Waals surface area contributed by atoms with Crippen molar-refractivity contribution in [1.29, 1.82) is 0 Å². The Morgan fingerprint density at radius 1 is 1.26 bits per heavy atom. The molecule has 0 aliphatic heterocycles. The minimum Gasteiger partial charge on any atom is -0.492 e. The lowest BCUT2D eigenvalue weighted by atomic mass is 10.1. The zero-order chi connectivity index (χ0) is 13.8. The van der Waals surface area contributed by atoms with E-state index in [4.69, 9.17) is 4.74 Å². The molecule has 0 aliphatic rings. The third-order valence-electron chi connectivity index (χ3n) is 2.75. The molecule has 1 atom stereocenters. The molecule has 102 valence electrons. The van der Waals surface area contributed by atoms with E-state index in [0.29, 0.717) is 13.2 Å². The maximum Gasteiger partial charge on any atom is 0.119 e. The smallest absolute Gasteiger partial charge is 0.119 e. The van der Waals surface area contributed by atoms with E-state index in [0.717, 1.165) is 11.4 Å². The fourth-order valence-corrected chi connectivity index (χ4v) is 2.09. The number of aromatic nitrogens is 3. The summed E-state index contributed by atoms with van der Waals surface area (Å²) in [7, 11) is 0. The molecule has 4 nitrogen and oxygen atoms in total. The second kappa shape index (κ2) is 6.19. The predicted molar refractivity (Wildman–Crippen MR) is 78.8 cm³/mol. The molecule has 0 aliphatic carbocycles. The molecule has 2 aromatic rings. The first kappa shape index (κ1) is 14.1. The number of aryl methyl sites for hydroxylation is 2. The van der Waals surface area contributed by atoms with E-state index < -0.39 is 0 Å². The highest BCUT2D eigenvalue weighted by Gasteiger charge is 2.06. The molecular formula is C14H18BrN3O. The maximum atomic E-state index is 5.74. The summed E-state index contributed by atoms with van der Waals surface area (Å²) < 4.78 is 7.54. The highest BCUT2D eigenvalue weighted by atomic mass is 79.9. The van der Waals surface area contributed by atoms with Crippen LogP contribution >= 0.6 is 15.9 Å². The Labute approximate surface area is 121 Å². The fraction of sp³-hybridized carbons (Fsp3) is 0.429. The largest absolute Gasteiger partial charge is 0.492 e. The van der Waals surface area contributed by atoms with Crippen LogP contribution in [0, 0.1) is 13.8 Å². The fourth-order valence-electron chi connectivity index (χ4n) is 1.88. The van der Waals surface area contributed by atoms with Crippen LogP contribution in [0.15, 0.2) is 24.4 Å². The Bertz CT molecular complexity index is 531. The van der Waals surface area contributed by atoms with Crippen molar-refractivity contribution in [2.75, 3.05) is 6.61 Å². The molecule has 5 heteroatoms. The number of nitrogens with zero attached hydrogens (tertiary/aromatic N) is 3. The van der Waals surface area contributed by atoms with Crippen LogP contribution in [0.1, 0.15) is 28.6 Å². The van der Waals surface area contributed by atoms with Gasteiger partial charge in [-0.2, -0.15) is 0 Å². The van der Waals surface area contributed by atoms with E-state index >= 15 is 0 Å². The van der Waals surface area contributed by atoms with Crippen LogP contribution in [0.25, 0.3) is 0 Å². The molecule has 0 spiro atoms. The second-order valence-electron chi connectivity index (χ2n) is 4.69. The van der Waals surface area contributed by atoms with Gasteiger partial charge in [0, 0.05) is 6.20 Å². The van der Waals surface area contributed by atoms with Crippen molar-refractivity contribution in [2.45, 2.75) is 32.1 Å². The monoisotopic (exact) mass is 323 g/mol. The molecule has 1 aromatic carbocycles. The Balaban J connectivity index is 1.88. The van der Waals surface area contributed by atoms with E-state index in [1.165, 1.54) is 11.1 Å². The van der Waals surface area contributed by atoms with Crippen LogP contribution in [0.2, 0.25) is 0 Å². The zero-order valence-corrected chi connectivity index (χ0v) is 13.0. The molecule has 19 heavy (non-hydrogen) atoms. The molecule has 0 radical (unpaired) electrons. The molecule has 0 saturated carbocycles. The Morgan fingerprint density at radius 3 is 2.53 bits per heavy atom. The van der Waals surface area contributed by atoms with Crippen molar-refractivity contribution in [2.24, 2.45) is 0 Å². The Hall–Kier alpha value is -1.36. The topological polar surface area (TPSA) is 39.9 Å². The molecule has 0 bridgehead atoms. The quantitative estimate of drug-likeness (QED) is 0.791. The van der Waals surface area contributed by atoms with E-state index in [9.17, 15) is 0 Å². The first-order chi connectivity index (χ1) is 9.04. The van der Waals surface area contributed by atoms with Crippen LogP contribution in [-0.4, -0.2) is 21.6 Å². The van der Waals surface area contributed by atoms with Crippen molar-refractivity contribution in [3.05, 3.63) is 41.2 Å². The van der Waals surface area contributed by atoms with Gasteiger partial charge in [-0.1, -0.05) is 27.2 Å². The van der Waals surface area contributed by atoms with Gasteiger partial charge in [-0.3, -0.25) is 0 Å². The summed E-state index contributed by atoms with van der Waals surface area (Å²) in [6.45, 7) is 7.45. The minimum absolute atomic E-state index is 0.224. The number of rotatable bonds is 5. The number of hydrogen-bond donors (Lipinski definition) is 0. The standard InChI is InChI=1S/C14H18BrN3O/c1-10-6-11(2)8-13(7-10)19-5-4-18-9-14(12(3)15)16-17-18/h6-9,12H,4-5H2,1-3H3. The van der Waals surface area contributed by atoms with E-state index in [1.54, 1.807) is 4.68 Å². The average molecular weight is 324 g/mol. The predicted octanol–water partition coefficient (Wildman–Crippen LogP) is 3.43. The normalized spacial score (nSPS) is 12.4. The molecule has 0 N–H and O–H groups in total. The molecule has 0 fully saturated rings. The van der Waals surface area contributed by atoms with Crippen LogP contribution < -0.4 is 4.74 Å². The molecule has 0 amide bonds.